The van der Waals surface area contributed by atoms with Crippen LogP contribution in [-0.4, -0.2) is 21.9 Å². The number of allylic oxidation sites excluding steroid dienone is 3. The molecule has 2 N–H and O–H groups in total. The second-order valence-electron chi connectivity index (χ2n) is 3.49. The number of hydrogen-bond acceptors (Lipinski definition) is 2. The molecular weight excluding hydrogens is 152 g/mol. The molecule has 12 heavy (non-hydrogen) atoms. The number of hydrogen-bond donors (Lipinski definition) is 2. The average Bonchev–Trinajstić information content (AvgIpc) is 1.97. The second-order valence-corrected chi connectivity index (χ2v) is 3.49. The van der Waals surface area contributed by atoms with Crippen LogP contribution in [0.1, 0.15) is 27.7 Å². The standard InChI is InChI=1S/C10H18O2/c1-5-8(2)6-7-9(11)10(3,4)12/h5-7,9,11-12H,1-4H3. The molecule has 0 fully saturated rings. The van der Waals surface area contributed by atoms with Crippen LogP contribution in [0.15, 0.2) is 23.8 Å². The molecule has 0 aromatic rings. The summed E-state index contributed by atoms with van der Waals surface area (Å²) in [6.07, 6.45) is 4.51. The zero-order valence-electron chi connectivity index (χ0n) is 8.20. The molecule has 0 bridgehead atoms. The maximum absolute atomic E-state index is 9.37. The van der Waals surface area contributed by atoms with E-state index in [1.807, 2.05) is 19.9 Å². The number of aliphatic hydroxyl groups is 2. The molecule has 0 radical (unpaired) electrons. The summed E-state index contributed by atoms with van der Waals surface area (Å²) >= 11 is 0. The minimum Gasteiger partial charge on any atom is -0.387 e. The van der Waals surface area contributed by atoms with Crippen LogP contribution in [0.25, 0.3) is 0 Å². The molecule has 0 spiro atoms. The Morgan fingerprint density at radius 1 is 1.42 bits per heavy atom. The summed E-state index contributed by atoms with van der Waals surface area (Å²) in [6.45, 7) is 7.02. The first-order valence-electron chi connectivity index (χ1n) is 4.09. The van der Waals surface area contributed by atoms with Crippen LogP contribution in [0.3, 0.4) is 0 Å². The molecule has 0 saturated carbocycles. The van der Waals surface area contributed by atoms with Crippen LogP contribution < -0.4 is 0 Å². The first-order valence-corrected chi connectivity index (χ1v) is 4.09. The van der Waals surface area contributed by atoms with E-state index in [1.54, 1.807) is 26.0 Å². The van der Waals surface area contributed by atoms with Gasteiger partial charge in [-0.15, -0.1) is 0 Å². The lowest BCUT2D eigenvalue weighted by atomic mass is 10.0. The molecule has 2 heteroatoms. The van der Waals surface area contributed by atoms with E-state index < -0.39 is 11.7 Å². The van der Waals surface area contributed by atoms with Crippen LogP contribution in [0.2, 0.25) is 0 Å². The van der Waals surface area contributed by atoms with E-state index >= 15 is 0 Å². The quantitative estimate of drug-likeness (QED) is 0.632. The monoisotopic (exact) mass is 170 g/mol. The van der Waals surface area contributed by atoms with Gasteiger partial charge in [0.25, 0.3) is 0 Å². The highest BCUT2D eigenvalue weighted by Gasteiger charge is 2.21. The number of rotatable bonds is 3. The Labute approximate surface area is 74.2 Å². The van der Waals surface area contributed by atoms with Gasteiger partial charge >= 0.3 is 0 Å². The molecule has 0 saturated heterocycles. The van der Waals surface area contributed by atoms with E-state index in [0.29, 0.717) is 0 Å². The van der Waals surface area contributed by atoms with Crippen molar-refractivity contribution in [1.82, 2.24) is 0 Å². The fourth-order valence-corrected chi connectivity index (χ4v) is 0.575. The van der Waals surface area contributed by atoms with Gasteiger partial charge in [-0.1, -0.05) is 23.8 Å². The Kier molecular flexibility index (Phi) is 4.21. The van der Waals surface area contributed by atoms with E-state index in [9.17, 15) is 10.2 Å². The highest BCUT2D eigenvalue weighted by atomic mass is 16.3. The van der Waals surface area contributed by atoms with Crippen LogP contribution in [0.5, 0.6) is 0 Å². The molecule has 1 unspecified atom stereocenters. The van der Waals surface area contributed by atoms with Gasteiger partial charge < -0.3 is 10.2 Å². The predicted molar refractivity (Wildman–Crippen MR) is 50.9 cm³/mol. The lowest BCUT2D eigenvalue weighted by Crippen LogP contribution is -2.34. The molecule has 0 heterocycles. The van der Waals surface area contributed by atoms with Crippen molar-refractivity contribution in [2.75, 3.05) is 0 Å². The third-order valence-electron chi connectivity index (χ3n) is 1.72. The Morgan fingerprint density at radius 2 is 1.92 bits per heavy atom. The maximum atomic E-state index is 9.37. The Bertz CT molecular complexity index is 185. The van der Waals surface area contributed by atoms with Crippen molar-refractivity contribution in [2.45, 2.75) is 39.4 Å². The van der Waals surface area contributed by atoms with E-state index in [2.05, 4.69) is 0 Å². The molecule has 0 aliphatic rings. The van der Waals surface area contributed by atoms with Gasteiger partial charge in [-0.05, 0) is 27.7 Å². The summed E-state index contributed by atoms with van der Waals surface area (Å²) in [4.78, 5) is 0. The molecule has 0 amide bonds. The third-order valence-corrected chi connectivity index (χ3v) is 1.72. The van der Waals surface area contributed by atoms with Crippen LogP contribution in [0.4, 0.5) is 0 Å². The van der Waals surface area contributed by atoms with Crippen molar-refractivity contribution >= 4 is 0 Å². The van der Waals surface area contributed by atoms with Gasteiger partial charge in [0.15, 0.2) is 0 Å². The first-order chi connectivity index (χ1) is 5.38. The maximum Gasteiger partial charge on any atom is 0.101 e. The van der Waals surface area contributed by atoms with Gasteiger partial charge in [-0.2, -0.15) is 0 Å². The van der Waals surface area contributed by atoms with E-state index in [1.165, 1.54) is 0 Å². The third kappa shape index (κ3) is 4.31. The molecule has 0 aromatic carbocycles. The minimum atomic E-state index is -1.06. The first kappa shape index (κ1) is 11.4. The average molecular weight is 170 g/mol. The molecule has 0 aromatic heterocycles. The largest absolute Gasteiger partial charge is 0.387 e. The van der Waals surface area contributed by atoms with E-state index in [-0.39, 0.29) is 0 Å². The summed E-state index contributed by atoms with van der Waals surface area (Å²) in [5.74, 6) is 0. The Morgan fingerprint density at radius 3 is 2.25 bits per heavy atom. The molecular formula is C10H18O2. The van der Waals surface area contributed by atoms with Crippen molar-refractivity contribution < 1.29 is 10.2 Å². The van der Waals surface area contributed by atoms with Gasteiger partial charge in [0.2, 0.25) is 0 Å². The molecule has 2 nitrogen and oxygen atoms in total. The fourth-order valence-electron chi connectivity index (χ4n) is 0.575. The van der Waals surface area contributed by atoms with Gasteiger partial charge in [-0.25, -0.2) is 0 Å². The van der Waals surface area contributed by atoms with Crippen LogP contribution >= 0.6 is 0 Å². The van der Waals surface area contributed by atoms with Crippen molar-refractivity contribution in [2.24, 2.45) is 0 Å². The summed E-state index contributed by atoms with van der Waals surface area (Å²) in [5, 5.41) is 18.7. The lowest BCUT2D eigenvalue weighted by Gasteiger charge is -2.21. The van der Waals surface area contributed by atoms with Gasteiger partial charge in [-0.3, -0.25) is 0 Å². The number of aliphatic hydroxyl groups excluding tert-OH is 1. The van der Waals surface area contributed by atoms with Gasteiger partial charge in [0.05, 0.1) is 5.60 Å². The SMILES string of the molecule is CC=C(C)C=CC(O)C(C)(C)O. The Balaban J connectivity index is 4.18. The molecule has 0 rings (SSSR count). The van der Waals surface area contributed by atoms with Gasteiger partial charge in [0, 0.05) is 0 Å². The summed E-state index contributed by atoms with van der Waals surface area (Å²) in [7, 11) is 0. The van der Waals surface area contributed by atoms with E-state index in [4.69, 9.17) is 0 Å². The summed E-state index contributed by atoms with van der Waals surface area (Å²) in [5.41, 5.74) is 0.00291. The lowest BCUT2D eigenvalue weighted by molar-refractivity contribution is -0.0226. The molecule has 1 atom stereocenters. The van der Waals surface area contributed by atoms with Gasteiger partial charge in [0.1, 0.15) is 6.10 Å². The molecule has 70 valence electrons. The fraction of sp³-hybridized carbons (Fsp3) is 0.600. The second kappa shape index (κ2) is 4.43. The topological polar surface area (TPSA) is 40.5 Å². The van der Waals surface area contributed by atoms with Crippen molar-refractivity contribution in [1.29, 1.82) is 0 Å². The van der Waals surface area contributed by atoms with Crippen LogP contribution in [0, 0.1) is 0 Å². The smallest absolute Gasteiger partial charge is 0.101 e. The van der Waals surface area contributed by atoms with E-state index in [0.717, 1.165) is 5.57 Å². The minimum absolute atomic E-state index is 0.813. The van der Waals surface area contributed by atoms with Crippen molar-refractivity contribution in [3.63, 3.8) is 0 Å². The Hall–Kier alpha value is -0.600. The molecule has 0 aliphatic heterocycles. The highest BCUT2D eigenvalue weighted by Crippen LogP contribution is 2.10. The zero-order chi connectivity index (χ0) is 9.78. The van der Waals surface area contributed by atoms with Crippen molar-refractivity contribution in [3.05, 3.63) is 23.8 Å². The summed E-state index contributed by atoms with van der Waals surface area (Å²) in [6, 6.07) is 0. The highest BCUT2D eigenvalue weighted by molar-refractivity contribution is 5.17. The predicted octanol–water partition coefficient (Wildman–Crippen LogP) is 1.64. The zero-order valence-corrected chi connectivity index (χ0v) is 8.20. The normalized spacial score (nSPS) is 17.0. The van der Waals surface area contributed by atoms with Crippen molar-refractivity contribution in [3.8, 4) is 0 Å². The van der Waals surface area contributed by atoms with Crippen LogP contribution in [-0.2, 0) is 0 Å². The summed E-state index contributed by atoms with van der Waals surface area (Å²) < 4.78 is 0. The molecule has 0 aliphatic carbocycles.